The van der Waals surface area contributed by atoms with Gasteiger partial charge >= 0.3 is 12.1 Å². The van der Waals surface area contributed by atoms with Gasteiger partial charge in [0.25, 0.3) is 0 Å². The number of aldehydes is 1. The van der Waals surface area contributed by atoms with Crippen LogP contribution in [-0.4, -0.2) is 53.0 Å². The van der Waals surface area contributed by atoms with Crippen LogP contribution in [0.25, 0.3) is 0 Å². The summed E-state index contributed by atoms with van der Waals surface area (Å²) in [5, 5.41) is 20.6. The van der Waals surface area contributed by atoms with Crippen molar-refractivity contribution in [2.45, 2.75) is 83.7 Å². The predicted molar refractivity (Wildman–Crippen MR) is 134 cm³/mol. The van der Waals surface area contributed by atoms with E-state index in [9.17, 15) is 24.6 Å². The number of esters is 1. The molecule has 0 aromatic heterocycles. The second-order valence-corrected chi connectivity index (χ2v) is 8.80. The normalized spacial score (nSPS) is 31.1. The highest BCUT2D eigenvalue weighted by Crippen LogP contribution is 2.20. The third-order valence-electron chi connectivity index (χ3n) is 5.55. The van der Waals surface area contributed by atoms with E-state index in [1.54, 1.807) is 25.2 Å². The van der Waals surface area contributed by atoms with E-state index in [2.05, 4.69) is 0 Å². The smallest absolute Gasteiger partial charge is 0.404 e. The molecule has 8 nitrogen and oxygen atoms in total. The summed E-state index contributed by atoms with van der Waals surface area (Å²) >= 11 is 0. The van der Waals surface area contributed by atoms with Crippen molar-refractivity contribution in [2.75, 3.05) is 0 Å². The number of primary amides is 1. The third-order valence-corrected chi connectivity index (χ3v) is 5.55. The number of cyclic esters (lactones) is 1. The highest BCUT2D eigenvalue weighted by Gasteiger charge is 2.27. The van der Waals surface area contributed by atoms with Gasteiger partial charge < -0.3 is 25.4 Å². The van der Waals surface area contributed by atoms with E-state index in [4.69, 9.17) is 15.2 Å². The SMILES string of the molecule is C/C(C=O)=C\[C@@H](C)[C@H]1C/C(C)=C/C=C/CCC[C@H](OC(N)=O)[C@H](O)[C@@H](O)/C=C/CC/C=C/C(=O)O1. The Balaban J connectivity index is 3.05. The zero-order valence-corrected chi connectivity index (χ0v) is 20.8. The van der Waals surface area contributed by atoms with Crippen molar-refractivity contribution >= 4 is 18.3 Å². The lowest BCUT2D eigenvalue weighted by Crippen LogP contribution is -2.40. The molecule has 0 unspecified atom stereocenters. The topological polar surface area (TPSA) is 136 Å². The third kappa shape index (κ3) is 12.9. The Hall–Kier alpha value is -2.97. The second kappa shape index (κ2) is 16.6. The molecular weight excluding hydrogens is 450 g/mol. The van der Waals surface area contributed by atoms with Gasteiger partial charge in [0.15, 0.2) is 0 Å². The number of nitrogens with two attached hydrogens (primary N) is 1. The van der Waals surface area contributed by atoms with Crippen molar-refractivity contribution in [3.05, 3.63) is 59.8 Å². The highest BCUT2D eigenvalue weighted by molar-refractivity contribution is 5.82. The molecule has 1 rings (SSSR count). The monoisotopic (exact) mass is 489 g/mol. The van der Waals surface area contributed by atoms with Crippen LogP contribution >= 0.6 is 0 Å². The molecule has 0 saturated carbocycles. The van der Waals surface area contributed by atoms with Crippen LogP contribution in [0.1, 0.15) is 59.3 Å². The number of hydrogen-bond donors (Lipinski definition) is 3. The first-order valence-electron chi connectivity index (χ1n) is 12.0. The van der Waals surface area contributed by atoms with E-state index >= 15 is 0 Å². The molecule has 0 aromatic carbocycles. The maximum atomic E-state index is 12.4. The molecule has 0 bridgehead atoms. The van der Waals surface area contributed by atoms with Gasteiger partial charge in [-0.2, -0.15) is 0 Å². The molecule has 0 fully saturated rings. The molecule has 194 valence electrons. The Morgan fingerprint density at radius 3 is 2.63 bits per heavy atom. The maximum absolute atomic E-state index is 12.4. The molecule has 1 amide bonds. The van der Waals surface area contributed by atoms with Gasteiger partial charge in [-0.1, -0.05) is 55.0 Å². The number of allylic oxidation sites excluding steroid dienone is 6. The van der Waals surface area contributed by atoms with Crippen molar-refractivity contribution in [2.24, 2.45) is 11.7 Å². The van der Waals surface area contributed by atoms with Crippen molar-refractivity contribution in [1.82, 2.24) is 0 Å². The number of rotatable bonds is 4. The fraction of sp³-hybridized carbons (Fsp3) is 0.519. The van der Waals surface area contributed by atoms with Gasteiger partial charge in [-0.3, -0.25) is 4.79 Å². The first-order valence-corrected chi connectivity index (χ1v) is 12.0. The van der Waals surface area contributed by atoms with Gasteiger partial charge in [0.2, 0.25) is 0 Å². The fourth-order valence-corrected chi connectivity index (χ4v) is 3.63. The Morgan fingerprint density at radius 2 is 1.94 bits per heavy atom. The second-order valence-electron chi connectivity index (χ2n) is 8.80. The molecule has 0 aromatic rings. The molecule has 5 atom stereocenters. The molecule has 0 spiro atoms. The van der Waals surface area contributed by atoms with Gasteiger partial charge in [0, 0.05) is 18.4 Å². The molecule has 1 aliphatic heterocycles. The number of aliphatic hydroxyl groups is 2. The lowest BCUT2D eigenvalue weighted by Gasteiger charge is -2.24. The molecule has 0 aliphatic carbocycles. The number of ether oxygens (including phenoxy) is 2. The summed E-state index contributed by atoms with van der Waals surface area (Å²) < 4.78 is 10.7. The number of carbonyl (C=O) groups is 3. The van der Waals surface area contributed by atoms with Crippen molar-refractivity contribution < 1.29 is 34.1 Å². The van der Waals surface area contributed by atoms with Crippen LogP contribution in [-0.2, 0) is 19.1 Å². The zero-order valence-electron chi connectivity index (χ0n) is 20.8. The Labute approximate surface area is 207 Å². The zero-order chi connectivity index (χ0) is 26.2. The summed E-state index contributed by atoms with van der Waals surface area (Å²) in [4.78, 5) is 34.6. The van der Waals surface area contributed by atoms with Crippen molar-refractivity contribution in [3.63, 3.8) is 0 Å². The first-order chi connectivity index (χ1) is 16.6. The van der Waals surface area contributed by atoms with Crippen LogP contribution in [0.3, 0.4) is 0 Å². The molecule has 1 aliphatic rings. The molecule has 0 saturated heterocycles. The Morgan fingerprint density at radius 1 is 1.23 bits per heavy atom. The van der Waals surface area contributed by atoms with E-state index < -0.39 is 36.5 Å². The minimum absolute atomic E-state index is 0.152. The van der Waals surface area contributed by atoms with E-state index in [-0.39, 0.29) is 5.92 Å². The molecule has 35 heavy (non-hydrogen) atoms. The minimum Gasteiger partial charge on any atom is -0.458 e. The summed E-state index contributed by atoms with van der Waals surface area (Å²) in [6, 6.07) is 0. The number of hydrogen-bond acceptors (Lipinski definition) is 7. The lowest BCUT2D eigenvalue weighted by molar-refractivity contribution is -0.144. The standard InChI is InChI=1S/C27H39NO7/c1-19-12-8-4-6-10-14-23(35-27(28)33)26(32)22(30)13-9-5-7-11-15-25(31)34-24(17-19)21(3)16-20(2)18-29/h4,8-9,11-13,15-16,18,21-24,26,30,32H,5-7,10,14,17H2,1-3H3,(H2,28,33)/b8-4+,13-9+,15-11+,19-12+,20-16+/t21-,22+,23+,24-,26-/m1/s1. The highest BCUT2D eigenvalue weighted by atomic mass is 16.6. The molecule has 1 heterocycles. The number of carbonyl (C=O) groups excluding carboxylic acids is 3. The number of aliphatic hydroxyl groups excluding tert-OH is 2. The molecule has 0 radical (unpaired) electrons. The Bertz CT molecular complexity index is 840. The average Bonchev–Trinajstić information content (AvgIpc) is 2.80. The number of amides is 1. The quantitative estimate of drug-likeness (QED) is 0.236. The van der Waals surface area contributed by atoms with E-state index in [0.717, 1.165) is 11.9 Å². The Kier molecular flexibility index (Phi) is 14.3. The van der Waals surface area contributed by atoms with Crippen molar-refractivity contribution in [1.29, 1.82) is 0 Å². The van der Waals surface area contributed by atoms with Gasteiger partial charge in [-0.15, -0.1) is 0 Å². The molecule has 8 heteroatoms. The minimum atomic E-state index is -1.31. The van der Waals surface area contributed by atoms with Gasteiger partial charge in [0.1, 0.15) is 30.7 Å². The lowest BCUT2D eigenvalue weighted by atomic mass is 9.96. The van der Waals surface area contributed by atoms with Crippen LogP contribution < -0.4 is 5.73 Å². The first kappa shape index (κ1) is 30.1. The van der Waals surface area contributed by atoms with Gasteiger partial charge in [-0.25, -0.2) is 9.59 Å². The fourth-order valence-electron chi connectivity index (χ4n) is 3.63. The largest absolute Gasteiger partial charge is 0.458 e. The van der Waals surface area contributed by atoms with Gasteiger partial charge in [-0.05, 0) is 51.5 Å². The molecular formula is C27H39NO7. The van der Waals surface area contributed by atoms with Crippen molar-refractivity contribution in [3.8, 4) is 0 Å². The van der Waals surface area contributed by atoms with Crippen LogP contribution in [0.4, 0.5) is 4.79 Å². The predicted octanol–water partition coefficient (Wildman–Crippen LogP) is 3.83. The average molecular weight is 490 g/mol. The van der Waals surface area contributed by atoms with Crippen LogP contribution in [0.5, 0.6) is 0 Å². The summed E-state index contributed by atoms with van der Waals surface area (Å²) in [5.74, 6) is -0.622. The van der Waals surface area contributed by atoms with Crippen LogP contribution in [0.15, 0.2) is 59.8 Å². The summed E-state index contributed by atoms with van der Waals surface area (Å²) in [6.07, 6.45) is 12.7. The summed E-state index contributed by atoms with van der Waals surface area (Å²) in [7, 11) is 0. The maximum Gasteiger partial charge on any atom is 0.404 e. The van der Waals surface area contributed by atoms with E-state index in [1.807, 2.05) is 32.1 Å². The van der Waals surface area contributed by atoms with E-state index in [0.29, 0.717) is 44.1 Å². The van der Waals surface area contributed by atoms with Crippen LogP contribution in [0, 0.1) is 5.92 Å². The molecule has 4 N–H and O–H groups in total. The van der Waals surface area contributed by atoms with E-state index in [1.165, 1.54) is 12.2 Å². The summed E-state index contributed by atoms with van der Waals surface area (Å²) in [5.41, 5.74) is 6.70. The van der Waals surface area contributed by atoms with Crippen LogP contribution in [0.2, 0.25) is 0 Å². The summed E-state index contributed by atoms with van der Waals surface area (Å²) in [6.45, 7) is 5.56. The van der Waals surface area contributed by atoms with Gasteiger partial charge in [0.05, 0.1) is 0 Å².